The van der Waals surface area contributed by atoms with Gasteiger partial charge in [0.05, 0.1) is 23.7 Å². The topological polar surface area (TPSA) is 62.3 Å². The number of pyridine rings is 1. The fourth-order valence-corrected chi connectivity index (χ4v) is 3.71. The summed E-state index contributed by atoms with van der Waals surface area (Å²) in [6.45, 7) is 3.51. The molecule has 0 bridgehead atoms. The molecule has 5 heteroatoms. The van der Waals surface area contributed by atoms with Crippen molar-refractivity contribution < 1.29 is 9.59 Å². The number of hydrogen-bond acceptors (Lipinski definition) is 3. The quantitative estimate of drug-likeness (QED) is 0.740. The second-order valence-electron chi connectivity index (χ2n) is 6.97. The maximum Gasteiger partial charge on any atom is 0.226 e. The highest BCUT2D eigenvalue weighted by molar-refractivity contribution is 6.02. The van der Waals surface area contributed by atoms with Crippen molar-refractivity contribution >= 4 is 34.5 Å². The minimum Gasteiger partial charge on any atom is -0.325 e. The van der Waals surface area contributed by atoms with Crippen molar-refractivity contribution in [3.8, 4) is 0 Å². The second-order valence-corrected chi connectivity index (χ2v) is 6.97. The summed E-state index contributed by atoms with van der Waals surface area (Å²) in [6, 6.07) is 15.2. The molecule has 4 rings (SSSR count). The molecule has 0 aliphatic carbocycles. The minimum absolute atomic E-state index is 0.0893. The molecule has 0 fully saturated rings. The van der Waals surface area contributed by atoms with E-state index in [1.807, 2.05) is 61.5 Å². The molecule has 1 aliphatic heterocycles. The fraction of sp³-hybridized carbons (Fsp3) is 0.174. The predicted molar refractivity (Wildman–Crippen MR) is 110 cm³/mol. The summed E-state index contributed by atoms with van der Waals surface area (Å²) in [7, 11) is 0. The first kappa shape index (κ1) is 17.9. The van der Waals surface area contributed by atoms with Gasteiger partial charge in [0.1, 0.15) is 0 Å². The Labute approximate surface area is 163 Å². The van der Waals surface area contributed by atoms with Crippen molar-refractivity contribution in [1.29, 1.82) is 0 Å². The van der Waals surface area contributed by atoms with Crippen LogP contribution in [-0.4, -0.2) is 21.7 Å². The van der Waals surface area contributed by atoms with E-state index >= 15 is 0 Å². The number of rotatable bonds is 3. The standard InChI is InChI=1S/C23H21N3O2/c1-15-9-10-20(19-8-5-12-24-23(15)19)25-22(28)14-21-18-7-4-3-6-17(18)11-13-26(21)16(2)27/h3-13,21H,14H2,1-2H3,(H,25,28)/t21-/m1/s1. The molecule has 2 aromatic carbocycles. The average molecular weight is 371 g/mol. The van der Waals surface area contributed by atoms with Crippen molar-refractivity contribution in [3.63, 3.8) is 0 Å². The van der Waals surface area contributed by atoms with E-state index in [4.69, 9.17) is 0 Å². The Kier molecular flexibility index (Phi) is 4.65. The normalized spacial score (nSPS) is 15.4. The molecule has 0 unspecified atom stereocenters. The van der Waals surface area contributed by atoms with E-state index in [0.29, 0.717) is 0 Å². The van der Waals surface area contributed by atoms with E-state index in [-0.39, 0.29) is 24.3 Å². The summed E-state index contributed by atoms with van der Waals surface area (Å²) in [4.78, 5) is 31.0. The number of hydrogen-bond donors (Lipinski definition) is 1. The number of carbonyl (C=O) groups excluding carboxylic acids is 2. The van der Waals surface area contributed by atoms with Crippen LogP contribution >= 0.6 is 0 Å². The Balaban J connectivity index is 1.62. The average Bonchev–Trinajstić information content (AvgIpc) is 2.70. The Bertz CT molecular complexity index is 1100. The van der Waals surface area contributed by atoms with Gasteiger partial charge in [-0.25, -0.2) is 0 Å². The van der Waals surface area contributed by atoms with Crippen LogP contribution < -0.4 is 5.32 Å². The summed E-state index contributed by atoms with van der Waals surface area (Å²) in [5.41, 5.74) is 4.67. The molecule has 1 aromatic heterocycles. The number of nitrogens with one attached hydrogen (secondary N) is 1. The Morgan fingerprint density at radius 2 is 1.93 bits per heavy atom. The third-order valence-electron chi connectivity index (χ3n) is 5.09. The Morgan fingerprint density at radius 3 is 2.75 bits per heavy atom. The van der Waals surface area contributed by atoms with Gasteiger partial charge in [-0.15, -0.1) is 0 Å². The highest BCUT2D eigenvalue weighted by Gasteiger charge is 2.28. The number of anilines is 1. The van der Waals surface area contributed by atoms with E-state index in [1.54, 1.807) is 17.3 Å². The monoisotopic (exact) mass is 371 g/mol. The number of aryl methyl sites for hydroxylation is 1. The number of carbonyl (C=O) groups is 2. The van der Waals surface area contributed by atoms with E-state index in [1.165, 1.54) is 6.92 Å². The molecule has 0 spiro atoms. The van der Waals surface area contributed by atoms with Crippen LogP contribution in [0.3, 0.4) is 0 Å². The highest BCUT2D eigenvalue weighted by atomic mass is 16.2. The zero-order chi connectivity index (χ0) is 19.7. The van der Waals surface area contributed by atoms with Gasteiger partial charge >= 0.3 is 0 Å². The Morgan fingerprint density at radius 1 is 1.11 bits per heavy atom. The van der Waals surface area contributed by atoms with Gasteiger partial charge in [0, 0.05) is 24.7 Å². The molecule has 0 radical (unpaired) electrons. The zero-order valence-electron chi connectivity index (χ0n) is 15.8. The van der Waals surface area contributed by atoms with Crippen LogP contribution in [0.5, 0.6) is 0 Å². The maximum absolute atomic E-state index is 12.9. The predicted octanol–water partition coefficient (Wildman–Crippen LogP) is 4.45. The van der Waals surface area contributed by atoms with Crippen molar-refractivity contribution in [2.45, 2.75) is 26.3 Å². The summed E-state index contributed by atoms with van der Waals surface area (Å²) in [6.07, 6.45) is 5.59. The second kappa shape index (κ2) is 7.27. The summed E-state index contributed by atoms with van der Waals surface area (Å²) in [5, 5.41) is 3.91. The fourth-order valence-electron chi connectivity index (χ4n) is 3.71. The molecule has 28 heavy (non-hydrogen) atoms. The number of benzene rings is 2. The van der Waals surface area contributed by atoms with Crippen molar-refractivity contribution in [2.24, 2.45) is 0 Å². The van der Waals surface area contributed by atoms with Crippen LogP contribution in [0, 0.1) is 6.92 Å². The number of fused-ring (bicyclic) bond motifs is 2. The molecule has 1 atom stereocenters. The summed E-state index contributed by atoms with van der Waals surface area (Å²) >= 11 is 0. The summed E-state index contributed by atoms with van der Waals surface area (Å²) in [5.74, 6) is -0.233. The number of nitrogens with zero attached hydrogens (tertiary/aromatic N) is 2. The highest BCUT2D eigenvalue weighted by Crippen LogP contribution is 2.33. The third-order valence-corrected chi connectivity index (χ3v) is 5.09. The maximum atomic E-state index is 12.9. The van der Waals surface area contributed by atoms with E-state index in [0.717, 1.165) is 33.3 Å². The molecule has 0 saturated carbocycles. The first-order valence-electron chi connectivity index (χ1n) is 9.25. The molecule has 3 aromatic rings. The third kappa shape index (κ3) is 3.27. The molecule has 2 amide bonds. The van der Waals surface area contributed by atoms with Crippen LogP contribution in [0.15, 0.2) is 60.9 Å². The SMILES string of the molecule is CC(=O)N1C=Cc2ccccc2[C@H]1CC(=O)Nc1ccc(C)c2ncccc12. The number of amides is 2. The summed E-state index contributed by atoms with van der Waals surface area (Å²) < 4.78 is 0. The first-order valence-corrected chi connectivity index (χ1v) is 9.25. The molecule has 5 nitrogen and oxygen atoms in total. The van der Waals surface area contributed by atoms with Crippen molar-refractivity contribution in [3.05, 3.63) is 77.6 Å². The largest absolute Gasteiger partial charge is 0.325 e. The molecule has 2 heterocycles. The smallest absolute Gasteiger partial charge is 0.226 e. The molecular formula is C23H21N3O2. The lowest BCUT2D eigenvalue weighted by Gasteiger charge is -2.32. The van der Waals surface area contributed by atoms with Crippen LogP contribution in [0.25, 0.3) is 17.0 Å². The van der Waals surface area contributed by atoms with Crippen LogP contribution in [-0.2, 0) is 9.59 Å². The molecular weight excluding hydrogens is 350 g/mol. The molecule has 1 N–H and O–H groups in total. The van der Waals surface area contributed by atoms with Crippen LogP contribution in [0.2, 0.25) is 0 Å². The van der Waals surface area contributed by atoms with E-state index in [9.17, 15) is 9.59 Å². The lowest BCUT2D eigenvalue weighted by Crippen LogP contribution is -2.33. The van der Waals surface area contributed by atoms with Crippen LogP contribution in [0.1, 0.15) is 36.1 Å². The molecule has 0 saturated heterocycles. The van der Waals surface area contributed by atoms with Crippen molar-refractivity contribution in [1.82, 2.24) is 9.88 Å². The van der Waals surface area contributed by atoms with Gasteiger partial charge in [-0.2, -0.15) is 0 Å². The first-order chi connectivity index (χ1) is 13.5. The molecule has 140 valence electrons. The zero-order valence-corrected chi connectivity index (χ0v) is 15.8. The van der Waals surface area contributed by atoms with Crippen LogP contribution in [0.4, 0.5) is 5.69 Å². The van der Waals surface area contributed by atoms with Gasteiger partial charge in [-0.05, 0) is 47.9 Å². The van der Waals surface area contributed by atoms with Gasteiger partial charge in [0.25, 0.3) is 0 Å². The minimum atomic E-state index is -0.325. The lowest BCUT2D eigenvalue weighted by atomic mass is 9.93. The van der Waals surface area contributed by atoms with Gasteiger partial charge in [0.2, 0.25) is 11.8 Å². The molecule has 1 aliphatic rings. The Hall–Kier alpha value is -3.47. The lowest BCUT2D eigenvalue weighted by molar-refractivity contribution is -0.129. The number of aromatic nitrogens is 1. The van der Waals surface area contributed by atoms with Crippen molar-refractivity contribution in [2.75, 3.05) is 5.32 Å². The van der Waals surface area contributed by atoms with Gasteiger partial charge < -0.3 is 10.2 Å². The van der Waals surface area contributed by atoms with E-state index < -0.39 is 0 Å². The van der Waals surface area contributed by atoms with Gasteiger partial charge in [0.15, 0.2) is 0 Å². The van der Waals surface area contributed by atoms with E-state index in [2.05, 4.69) is 10.3 Å². The van der Waals surface area contributed by atoms with Gasteiger partial charge in [-0.1, -0.05) is 30.3 Å². The van der Waals surface area contributed by atoms with Gasteiger partial charge in [-0.3, -0.25) is 14.6 Å².